The predicted octanol–water partition coefficient (Wildman–Crippen LogP) is 4.82. The van der Waals surface area contributed by atoms with Gasteiger partial charge >= 0.3 is 0 Å². The third-order valence-electron chi connectivity index (χ3n) is 5.44. The van der Waals surface area contributed by atoms with Gasteiger partial charge in [0.1, 0.15) is 17.1 Å². The fraction of sp³-hybridized carbons (Fsp3) is 0.333. The van der Waals surface area contributed by atoms with E-state index >= 15 is 0 Å². The molecule has 0 radical (unpaired) electrons. The Balaban J connectivity index is 1.43. The first-order chi connectivity index (χ1) is 14.6. The van der Waals surface area contributed by atoms with Crippen molar-refractivity contribution in [2.75, 3.05) is 24.6 Å². The second-order valence-corrected chi connectivity index (χ2v) is 8.25. The van der Waals surface area contributed by atoms with Crippen LogP contribution in [0.4, 0.5) is 5.82 Å². The maximum atomic E-state index is 12.3. The van der Waals surface area contributed by atoms with E-state index in [1.54, 1.807) is 0 Å². The zero-order valence-corrected chi connectivity index (χ0v) is 17.9. The summed E-state index contributed by atoms with van der Waals surface area (Å²) in [6.07, 6.45) is 2.45. The number of para-hydroxylation sites is 1. The van der Waals surface area contributed by atoms with Crippen LogP contribution in [-0.4, -0.2) is 30.6 Å². The van der Waals surface area contributed by atoms with E-state index < -0.39 is 0 Å². The summed E-state index contributed by atoms with van der Waals surface area (Å²) in [6, 6.07) is 17.4. The lowest BCUT2D eigenvalue weighted by Gasteiger charge is -2.32. The van der Waals surface area contributed by atoms with E-state index in [0.29, 0.717) is 23.2 Å². The van der Waals surface area contributed by atoms with Gasteiger partial charge in [-0.25, -0.2) is 4.98 Å². The summed E-state index contributed by atoms with van der Waals surface area (Å²) >= 11 is 6.14. The minimum atomic E-state index is -0.201. The summed E-state index contributed by atoms with van der Waals surface area (Å²) in [5.41, 5.74) is 1.66. The molecule has 0 saturated carbocycles. The van der Waals surface area contributed by atoms with Gasteiger partial charge < -0.3 is 15.0 Å². The Bertz CT molecular complexity index is 1040. The zero-order valence-electron chi connectivity index (χ0n) is 17.1. The van der Waals surface area contributed by atoms with Crippen molar-refractivity contribution in [1.82, 2.24) is 10.3 Å². The fourth-order valence-electron chi connectivity index (χ4n) is 3.83. The zero-order chi connectivity index (χ0) is 20.9. The molecule has 3 aromatic rings. The second-order valence-electron chi connectivity index (χ2n) is 7.85. The SMILES string of the molecule is CC1CCCN(c2ccc3cccc(OCC(=O)NCc4ccccc4Cl)c3n2)C1. The van der Waals surface area contributed by atoms with Crippen molar-refractivity contribution < 1.29 is 9.53 Å². The molecule has 1 atom stereocenters. The van der Waals surface area contributed by atoms with E-state index in [9.17, 15) is 4.79 Å². The Kier molecular flexibility index (Phi) is 6.38. The molecule has 6 heteroatoms. The molecule has 1 aromatic heterocycles. The Morgan fingerprint density at radius 2 is 2.07 bits per heavy atom. The number of rotatable bonds is 6. The minimum absolute atomic E-state index is 0.0732. The summed E-state index contributed by atoms with van der Waals surface area (Å²) in [5.74, 6) is 2.05. The van der Waals surface area contributed by atoms with Gasteiger partial charge in [0.2, 0.25) is 0 Å². The molecular weight excluding hydrogens is 398 g/mol. The normalized spacial score (nSPS) is 16.5. The minimum Gasteiger partial charge on any atom is -0.481 e. The predicted molar refractivity (Wildman–Crippen MR) is 121 cm³/mol. The molecule has 1 aliphatic rings. The Hall–Kier alpha value is -2.79. The van der Waals surface area contributed by atoms with Crippen LogP contribution in [0.25, 0.3) is 10.9 Å². The lowest BCUT2D eigenvalue weighted by molar-refractivity contribution is -0.123. The monoisotopic (exact) mass is 423 g/mol. The molecular formula is C24H26ClN3O2. The first-order valence-corrected chi connectivity index (χ1v) is 10.8. The van der Waals surface area contributed by atoms with Gasteiger partial charge in [0, 0.05) is 30.0 Å². The molecule has 156 valence electrons. The van der Waals surface area contributed by atoms with Crippen LogP contribution in [0.1, 0.15) is 25.3 Å². The van der Waals surface area contributed by atoms with Gasteiger partial charge in [-0.3, -0.25) is 4.79 Å². The van der Waals surface area contributed by atoms with Crippen LogP contribution in [0.15, 0.2) is 54.6 Å². The quantitative estimate of drug-likeness (QED) is 0.617. The molecule has 1 N–H and O–H groups in total. The molecule has 1 saturated heterocycles. The van der Waals surface area contributed by atoms with Crippen molar-refractivity contribution in [2.24, 2.45) is 5.92 Å². The van der Waals surface area contributed by atoms with Gasteiger partial charge in [-0.1, -0.05) is 48.9 Å². The van der Waals surface area contributed by atoms with Crippen molar-refractivity contribution >= 4 is 34.2 Å². The van der Waals surface area contributed by atoms with E-state index in [2.05, 4.69) is 29.3 Å². The number of nitrogens with zero attached hydrogens (tertiary/aromatic N) is 2. The summed E-state index contributed by atoms with van der Waals surface area (Å²) in [6.45, 7) is 4.62. The van der Waals surface area contributed by atoms with Gasteiger partial charge in [-0.15, -0.1) is 0 Å². The molecule has 4 rings (SSSR count). The number of nitrogens with one attached hydrogen (secondary N) is 1. The van der Waals surface area contributed by atoms with Crippen LogP contribution in [0.5, 0.6) is 5.75 Å². The number of carbonyl (C=O) groups excluding carboxylic acids is 1. The molecule has 30 heavy (non-hydrogen) atoms. The van der Waals surface area contributed by atoms with Crippen molar-refractivity contribution in [1.29, 1.82) is 0 Å². The number of hydrogen-bond donors (Lipinski definition) is 1. The first kappa shape index (κ1) is 20.5. The standard InChI is InChI=1S/C24H26ClN3O2/c1-17-6-5-13-28(15-17)22-12-11-18-8-4-10-21(24(18)27-22)30-16-23(29)26-14-19-7-2-3-9-20(19)25/h2-4,7-12,17H,5-6,13-16H2,1H3,(H,26,29). The van der Waals surface area contributed by atoms with Crippen molar-refractivity contribution in [3.63, 3.8) is 0 Å². The number of anilines is 1. The van der Waals surface area contributed by atoms with E-state index in [4.69, 9.17) is 21.3 Å². The molecule has 2 heterocycles. The fourth-order valence-corrected chi connectivity index (χ4v) is 4.03. The topological polar surface area (TPSA) is 54.5 Å². The Morgan fingerprint density at radius 3 is 2.90 bits per heavy atom. The van der Waals surface area contributed by atoms with Crippen LogP contribution in [0, 0.1) is 5.92 Å². The maximum absolute atomic E-state index is 12.3. The van der Waals surface area contributed by atoms with E-state index in [-0.39, 0.29) is 12.5 Å². The molecule has 0 bridgehead atoms. The van der Waals surface area contributed by atoms with Crippen molar-refractivity contribution in [2.45, 2.75) is 26.3 Å². The van der Waals surface area contributed by atoms with Crippen LogP contribution >= 0.6 is 11.6 Å². The molecule has 1 unspecified atom stereocenters. The molecule has 1 aliphatic heterocycles. The van der Waals surface area contributed by atoms with Crippen molar-refractivity contribution in [3.05, 3.63) is 65.2 Å². The molecule has 1 fully saturated rings. The number of hydrogen-bond acceptors (Lipinski definition) is 4. The number of halogens is 1. The Morgan fingerprint density at radius 1 is 1.20 bits per heavy atom. The molecule has 1 amide bonds. The number of carbonyl (C=O) groups is 1. The largest absolute Gasteiger partial charge is 0.481 e. The van der Waals surface area contributed by atoms with E-state index in [0.717, 1.165) is 35.4 Å². The van der Waals surface area contributed by atoms with Gasteiger partial charge in [-0.05, 0) is 48.6 Å². The van der Waals surface area contributed by atoms with Gasteiger partial charge in [0.05, 0.1) is 0 Å². The summed E-state index contributed by atoms with van der Waals surface area (Å²) in [4.78, 5) is 19.5. The highest BCUT2D eigenvalue weighted by Crippen LogP contribution is 2.28. The highest BCUT2D eigenvalue weighted by molar-refractivity contribution is 6.31. The Labute approximate surface area is 182 Å². The second kappa shape index (κ2) is 9.35. The van der Waals surface area contributed by atoms with E-state index in [1.165, 1.54) is 12.8 Å². The molecule has 0 spiro atoms. The van der Waals surface area contributed by atoms with Gasteiger partial charge in [0.15, 0.2) is 6.61 Å². The lowest BCUT2D eigenvalue weighted by atomic mass is 10.0. The molecule has 5 nitrogen and oxygen atoms in total. The number of pyridine rings is 1. The van der Waals surface area contributed by atoms with Crippen LogP contribution in [-0.2, 0) is 11.3 Å². The molecule has 0 aliphatic carbocycles. The van der Waals surface area contributed by atoms with Crippen molar-refractivity contribution in [3.8, 4) is 5.75 Å². The number of fused-ring (bicyclic) bond motifs is 1. The average molecular weight is 424 g/mol. The third-order valence-corrected chi connectivity index (χ3v) is 5.81. The van der Waals surface area contributed by atoms with Crippen LogP contribution < -0.4 is 15.0 Å². The smallest absolute Gasteiger partial charge is 0.258 e. The highest BCUT2D eigenvalue weighted by atomic mass is 35.5. The number of amides is 1. The summed E-state index contributed by atoms with van der Waals surface area (Å²) in [7, 11) is 0. The van der Waals surface area contributed by atoms with Crippen LogP contribution in [0.3, 0.4) is 0 Å². The van der Waals surface area contributed by atoms with Gasteiger partial charge in [-0.2, -0.15) is 0 Å². The van der Waals surface area contributed by atoms with Crippen LogP contribution in [0.2, 0.25) is 5.02 Å². The number of ether oxygens (including phenoxy) is 1. The average Bonchev–Trinajstić information content (AvgIpc) is 2.76. The molecule has 2 aromatic carbocycles. The number of benzene rings is 2. The van der Waals surface area contributed by atoms with Gasteiger partial charge in [0.25, 0.3) is 5.91 Å². The summed E-state index contributed by atoms with van der Waals surface area (Å²) in [5, 5.41) is 4.48. The maximum Gasteiger partial charge on any atom is 0.258 e. The first-order valence-electron chi connectivity index (χ1n) is 10.4. The number of aromatic nitrogens is 1. The third kappa shape index (κ3) is 4.85. The summed E-state index contributed by atoms with van der Waals surface area (Å²) < 4.78 is 5.84. The van der Waals surface area contributed by atoms with E-state index in [1.807, 2.05) is 42.5 Å². The lowest BCUT2D eigenvalue weighted by Crippen LogP contribution is -2.34. The highest BCUT2D eigenvalue weighted by Gasteiger charge is 2.18. The number of piperidine rings is 1.